The van der Waals surface area contributed by atoms with E-state index in [0.717, 1.165) is 17.0 Å². The van der Waals surface area contributed by atoms with Crippen LogP contribution in [-0.2, 0) is 10.0 Å². The molecule has 0 unspecified atom stereocenters. The summed E-state index contributed by atoms with van der Waals surface area (Å²) >= 11 is 6.82. The van der Waals surface area contributed by atoms with Gasteiger partial charge in [-0.15, -0.1) is 11.3 Å². The number of hydrogen-bond acceptors (Lipinski definition) is 8. The van der Waals surface area contributed by atoms with Crippen molar-refractivity contribution >= 4 is 61.8 Å². The molecule has 0 saturated heterocycles. The summed E-state index contributed by atoms with van der Waals surface area (Å²) in [5.74, 6) is 1.83. The number of sulfonamides is 1. The van der Waals surface area contributed by atoms with Gasteiger partial charge in [0.2, 0.25) is 0 Å². The van der Waals surface area contributed by atoms with Crippen molar-refractivity contribution in [1.82, 2.24) is 15.0 Å². The van der Waals surface area contributed by atoms with Gasteiger partial charge in [-0.25, -0.2) is 23.4 Å². The Morgan fingerprint density at radius 3 is 2.20 bits per heavy atom. The van der Waals surface area contributed by atoms with Crippen molar-refractivity contribution in [1.29, 1.82) is 0 Å². The van der Waals surface area contributed by atoms with Crippen LogP contribution >= 0.6 is 22.9 Å². The van der Waals surface area contributed by atoms with E-state index in [1.54, 1.807) is 42.6 Å². The summed E-state index contributed by atoms with van der Waals surface area (Å²) in [7, 11) is -3.67. The van der Waals surface area contributed by atoms with Crippen molar-refractivity contribution in [2.45, 2.75) is 4.21 Å². The minimum atomic E-state index is -3.67. The molecule has 0 radical (unpaired) electrons. The summed E-state index contributed by atoms with van der Waals surface area (Å²) in [4.78, 5) is 12.6. The number of anilines is 5. The number of nitrogens with one attached hydrogen (secondary N) is 3. The van der Waals surface area contributed by atoms with Gasteiger partial charge in [-0.1, -0.05) is 17.7 Å². The van der Waals surface area contributed by atoms with Crippen molar-refractivity contribution in [2.75, 3.05) is 15.4 Å². The summed E-state index contributed by atoms with van der Waals surface area (Å²) < 4.78 is 27.8. The van der Waals surface area contributed by atoms with Crippen molar-refractivity contribution in [3.8, 4) is 0 Å². The second-order valence-electron chi connectivity index (χ2n) is 5.99. The molecule has 3 N–H and O–H groups in total. The Morgan fingerprint density at radius 2 is 1.53 bits per heavy atom. The lowest BCUT2D eigenvalue weighted by molar-refractivity contribution is 0.603. The first-order valence-electron chi connectivity index (χ1n) is 8.63. The Morgan fingerprint density at radius 1 is 0.800 bits per heavy atom. The average molecular weight is 459 g/mol. The van der Waals surface area contributed by atoms with E-state index < -0.39 is 10.0 Å². The number of hydrogen-bond donors (Lipinski definition) is 3. The maximum Gasteiger partial charge on any atom is 0.271 e. The van der Waals surface area contributed by atoms with Crippen LogP contribution in [-0.4, -0.2) is 23.4 Å². The Labute approximate surface area is 182 Å². The number of nitrogens with zero attached hydrogens (tertiary/aromatic N) is 3. The van der Waals surface area contributed by atoms with Gasteiger partial charge in [-0.3, -0.25) is 4.72 Å². The van der Waals surface area contributed by atoms with Gasteiger partial charge in [0.15, 0.2) is 0 Å². The molecule has 3 aromatic heterocycles. The number of aromatic nitrogens is 3. The fourth-order valence-corrected chi connectivity index (χ4v) is 5.02. The zero-order valence-corrected chi connectivity index (χ0v) is 17.7. The summed E-state index contributed by atoms with van der Waals surface area (Å²) in [6.45, 7) is 0. The first-order chi connectivity index (χ1) is 14.5. The zero-order valence-electron chi connectivity index (χ0n) is 15.3. The highest BCUT2D eigenvalue weighted by molar-refractivity contribution is 7.94. The lowest BCUT2D eigenvalue weighted by Gasteiger charge is -2.10. The van der Waals surface area contributed by atoms with Crippen molar-refractivity contribution in [3.05, 3.63) is 77.5 Å². The molecule has 0 aliphatic carbocycles. The van der Waals surface area contributed by atoms with E-state index in [2.05, 4.69) is 30.3 Å². The van der Waals surface area contributed by atoms with Gasteiger partial charge in [-0.2, -0.15) is 0 Å². The molecule has 0 amide bonds. The topological polar surface area (TPSA) is 109 Å². The van der Waals surface area contributed by atoms with Crippen molar-refractivity contribution in [3.63, 3.8) is 0 Å². The molecule has 0 fully saturated rings. The van der Waals surface area contributed by atoms with Crippen molar-refractivity contribution < 1.29 is 8.42 Å². The van der Waals surface area contributed by atoms with Crippen LogP contribution in [0.5, 0.6) is 0 Å². The Balaban J connectivity index is 1.43. The minimum absolute atomic E-state index is 0.156. The smallest absolute Gasteiger partial charge is 0.271 e. The minimum Gasteiger partial charge on any atom is -0.340 e. The summed E-state index contributed by atoms with van der Waals surface area (Å²) in [5, 5.41) is 6.25. The van der Waals surface area contributed by atoms with Gasteiger partial charge >= 0.3 is 0 Å². The van der Waals surface area contributed by atoms with E-state index in [1.165, 1.54) is 12.4 Å². The fraction of sp³-hybridized carbons (Fsp3) is 0. The van der Waals surface area contributed by atoms with E-state index in [4.69, 9.17) is 11.6 Å². The quantitative estimate of drug-likeness (QED) is 0.362. The highest BCUT2D eigenvalue weighted by atomic mass is 35.5. The van der Waals surface area contributed by atoms with E-state index in [9.17, 15) is 8.42 Å². The zero-order chi connectivity index (χ0) is 21.0. The van der Waals surface area contributed by atoms with Crippen LogP contribution in [0.2, 0.25) is 4.34 Å². The largest absolute Gasteiger partial charge is 0.340 e. The van der Waals surface area contributed by atoms with E-state index in [0.29, 0.717) is 27.5 Å². The Hall–Kier alpha value is -3.21. The van der Waals surface area contributed by atoms with Crippen LogP contribution in [0.25, 0.3) is 0 Å². The number of benzene rings is 1. The van der Waals surface area contributed by atoms with Gasteiger partial charge in [0.25, 0.3) is 10.0 Å². The van der Waals surface area contributed by atoms with Gasteiger partial charge in [-0.05, 0) is 48.5 Å². The molecule has 1 aromatic carbocycles. The monoisotopic (exact) mass is 458 g/mol. The molecule has 30 heavy (non-hydrogen) atoms. The van der Waals surface area contributed by atoms with Gasteiger partial charge in [0.05, 0.1) is 4.34 Å². The predicted octanol–water partition coefficient (Wildman–Crippen LogP) is 4.87. The second kappa shape index (κ2) is 8.66. The molecule has 152 valence electrons. The van der Waals surface area contributed by atoms with E-state index in [-0.39, 0.29) is 4.21 Å². The molecule has 11 heteroatoms. The molecule has 3 heterocycles. The molecule has 0 spiro atoms. The van der Waals surface area contributed by atoms with Crippen LogP contribution in [0, 0.1) is 0 Å². The molecule has 4 rings (SSSR count). The molecule has 0 bridgehead atoms. The molecule has 4 aromatic rings. The molecular weight excluding hydrogens is 444 g/mol. The lowest BCUT2D eigenvalue weighted by atomic mass is 10.3. The van der Waals surface area contributed by atoms with Gasteiger partial charge < -0.3 is 10.6 Å². The average Bonchev–Trinajstić information content (AvgIpc) is 3.18. The summed E-state index contributed by atoms with van der Waals surface area (Å²) in [5.41, 5.74) is 1.17. The standard InChI is InChI=1S/C19H15ClN6O2S2/c20-15-8-9-19(29-15)30(27,28)26-14-6-4-13(5-7-14)24-17-11-18(23-12-22-17)25-16-3-1-2-10-21-16/h1-12,26H,(H2,21,22,23,24,25). The molecule has 8 nitrogen and oxygen atoms in total. The van der Waals surface area contributed by atoms with Crippen LogP contribution in [0.4, 0.5) is 28.8 Å². The molecule has 0 atom stereocenters. The lowest BCUT2D eigenvalue weighted by Crippen LogP contribution is -2.11. The normalized spacial score (nSPS) is 11.1. The number of thiophene rings is 1. The molecular formula is C19H15ClN6O2S2. The number of pyridine rings is 1. The molecule has 0 aliphatic heterocycles. The Bertz CT molecular complexity index is 1250. The van der Waals surface area contributed by atoms with Crippen LogP contribution in [0.1, 0.15) is 0 Å². The molecule has 0 saturated carbocycles. The number of halogens is 1. The first kappa shape index (κ1) is 20.1. The van der Waals surface area contributed by atoms with Crippen LogP contribution in [0.3, 0.4) is 0 Å². The molecule has 0 aliphatic rings. The van der Waals surface area contributed by atoms with Crippen LogP contribution in [0.15, 0.2) is 77.4 Å². The van der Waals surface area contributed by atoms with E-state index in [1.807, 2.05) is 18.2 Å². The van der Waals surface area contributed by atoms with Gasteiger partial charge in [0, 0.05) is 23.6 Å². The maximum absolute atomic E-state index is 12.4. The third-order valence-electron chi connectivity index (χ3n) is 3.81. The first-order valence-corrected chi connectivity index (χ1v) is 11.3. The second-order valence-corrected chi connectivity index (χ2v) is 9.62. The number of rotatable bonds is 7. The third-order valence-corrected chi connectivity index (χ3v) is 6.92. The maximum atomic E-state index is 12.4. The highest BCUT2D eigenvalue weighted by Gasteiger charge is 2.16. The van der Waals surface area contributed by atoms with Crippen LogP contribution < -0.4 is 15.4 Å². The fourth-order valence-electron chi connectivity index (χ4n) is 2.48. The van der Waals surface area contributed by atoms with Gasteiger partial charge in [0.1, 0.15) is 28.0 Å². The predicted molar refractivity (Wildman–Crippen MR) is 119 cm³/mol. The SMILES string of the molecule is O=S(=O)(Nc1ccc(Nc2cc(Nc3ccccn3)ncn2)cc1)c1ccc(Cl)s1. The van der Waals surface area contributed by atoms with Crippen molar-refractivity contribution in [2.24, 2.45) is 0 Å². The summed E-state index contributed by atoms with van der Waals surface area (Å²) in [6.07, 6.45) is 3.12. The third kappa shape index (κ3) is 5.03. The summed E-state index contributed by atoms with van der Waals surface area (Å²) in [6, 6.07) is 17.1. The van der Waals surface area contributed by atoms with E-state index >= 15 is 0 Å². The Kier molecular flexibility index (Phi) is 5.79. The highest BCUT2D eigenvalue weighted by Crippen LogP contribution is 2.28.